The van der Waals surface area contributed by atoms with Gasteiger partial charge in [0, 0.05) is 43.1 Å². The average Bonchev–Trinajstić information content (AvgIpc) is 3.05. The summed E-state index contributed by atoms with van der Waals surface area (Å²) < 4.78 is 0. The first-order valence-corrected chi connectivity index (χ1v) is 16.0. The van der Waals surface area contributed by atoms with Gasteiger partial charge in [-0.05, 0) is 92.6 Å². The number of carbonyl (C=O) groups excluding carboxylic acids is 4. The topological polar surface area (TPSA) is 127 Å². The molecule has 0 unspecified atom stereocenters. The summed E-state index contributed by atoms with van der Waals surface area (Å²) >= 11 is 0. The summed E-state index contributed by atoms with van der Waals surface area (Å²) in [4.78, 5) is 55.2. The van der Waals surface area contributed by atoms with Crippen LogP contribution >= 0.6 is 0 Å². The van der Waals surface area contributed by atoms with Crippen LogP contribution in [0.2, 0.25) is 0 Å². The van der Waals surface area contributed by atoms with Gasteiger partial charge < -0.3 is 16.4 Å². The normalized spacial score (nSPS) is 17.5. The Morgan fingerprint density at radius 2 is 1.61 bits per heavy atom. The molecule has 4 bridgehead atoms. The number of rotatable bonds is 9. The van der Waals surface area contributed by atoms with Crippen molar-refractivity contribution in [3.63, 3.8) is 0 Å². The number of likely N-dealkylation sites (tertiary alicyclic amines) is 1. The Labute approximate surface area is 271 Å². The number of primary amides is 1. The van der Waals surface area contributed by atoms with Crippen LogP contribution < -0.4 is 11.5 Å². The van der Waals surface area contributed by atoms with E-state index in [1.807, 2.05) is 57.2 Å². The molecule has 1 heterocycles. The molecule has 1 aliphatic carbocycles. The summed E-state index contributed by atoms with van der Waals surface area (Å²) in [5, 5.41) is 0. The fourth-order valence-electron chi connectivity index (χ4n) is 6.80. The van der Waals surface area contributed by atoms with Gasteiger partial charge in [-0.15, -0.1) is 0 Å². The third kappa shape index (κ3) is 7.52. The lowest BCUT2D eigenvalue weighted by atomic mass is 9.90. The number of benzene rings is 3. The molecule has 0 aromatic heterocycles. The Hall–Kier alpha value is -4.40. The fourth-order valence-corrected chi connectivity index (χ4v) is 6.80. The number of amides is 2. The zero-order valence-electron chi connectivity index (χ0n) is 27.2. The summed E-state index contributed by atoms with van der Waals surface area (Å²) in [5.74, 6) is -2.02. The lowest BCUT2D eigenvalue weighted by Gasteiger charge is -2.31. The summed E-state index contributed by atoms with van der Waals surface area (Å²) in [6.45, 7) is 7.72. The van der Waals surface area contributed by atoms with Crippen molar-refractivity contribution < 1.29 is 19.2 Å². The van der Waals surface area contributed by atoms with Crippen LogP contribution in [0.4, 0.5) is 0 Å². The van der Waals surface area contributed by atoms with Crippen LogP contribution in [0.1, 0.15) is 61.5 Å². The molecule has 3 aromatic rings. The van der Waals surface area contributed by atoms with Crippen LogP contribution in [-0.2, 0) is 27.3 Å². The van der Waals surface area contributed by atoms with Gasteiger partial charge in [-0.2, -0.15) is 0 Å². The molecule has 8 heteroatoms. The van der Waals surface area contributed by atoms with Crippen LogP contribution in [0.25, 0.3) is 22.3 Å². The second-order valence-corrected chi connectivity index (χ2v) is 13.6. The Bertz CT molecular complexity index is 1680. The summed E-state index contributed by atoms with van der Waals surface area (Å²) in [6.07, 6.45) is 3.70. The number of Topliss-reactive ketones (excluding diaryl/α,β-unsaturated/α-hetero) is 2. The smallest absolute Gasteiger partial charge is 0.285 e. The quantitative estimate of drug-likeness (QED) is 0.258. The molecule has 2 aliphatic rings. The van der Waals surface area contributed by atoms with E-state index in [0.717, 1.165) is 39.0 Å². The first kappa shape index (κ1) is 33.0. The number of fused-ring (bicyclic) bond motifs is 5. The molecule has 2 amide bonds. The molecule has 1 fully saturated rings. The van der Waals surface area contributed by atoms with Crippen molar-refractivity contribution in [2.75, 3.05) is 20.1 Å². The lowest BCUT2D eigenvalue weighted by molar-refractivity contribution is -0.139. The molecular weight excluding hydrogens is 576 g/mol. The van der Waals surface area contributed by atoms with Gasteiger partial charge in [0.25, 0.3) is 5.91 Å². The zero-order valence-corrected chi connectivity index (χ0v) is 27.2. The standard InChI is InChI=1S/C38H44N4O4/c1-24(22-38(2,3)40)18-34(43)41(4)33-21-30-19-27(12-13-31(30)25-8-6-5-7-9-25)32-20-28(35(33)44)10-11-29(32)23-42-16-14-26(15-17-42)36(45)37(39)46/h5-13,18-20,26,33H,14-17,21-23,40H2,1-4H3,(H2,39,46)/b24-18+/t33-/m1/s1. The van der Waals surface area contributed by atoms with Crippen molar-refractivity contribution >= 4 is 23.4 Å². The molecule has 3 aromatic carbocycles. The van der Waals surface area contributed by atoms with Crippen molar-refractivity contribution in [2.45, 2.75) is 64.6 Å². The highest BCUT2D eigenvalue weighted by molar-refractivity contribution is 6.36. The third-order valence-electron chi connectivity index (χ3n) is 9.13. The van der Waals surface area contributed by atoms with E-state index >= 15 is 0 Å². The number of nitrogens with two attached hydrogens (primary N) is 2. The highest BCUT2D eigenvalue weighted by Crippen LogP contribution is 2.35. The maximum atomic E-state index is 14.3. The van der Waals surface area contributed by atoms with Gasteiger partial charge in [0.1, 0.15) is 0 Å². The van der Waals surface area contributed by atoms with Crippen LogP contribution in [-0.4, -0.2) is 64.9 Å². The number of piperidine rings is 1. The number of carbonyl (C=O) groups is 4. The number of hydrogen-bond acceptors (Lipinski definition) is 6. The molecular formula is C38H44N4O4. The molecule has 1 atom stereocenters. The summed E-state index contributed by atoms with van der Waals surface area (Å²) in [7, 11) is 1.70. The van der Waals surface area contributed by atoms with E-state index < -0.39 is 23.3 Å². The number of ketones is 2. The van der Waals surface area contributed by atoms with Gasteiger partial charge in [0.15, 0.2) is 5.78 Å². The maximum Gasteiger partial charge on any atom is 0.285 e. The van der Waals surface area contributed by atoms with E-state index in [1.165, 1.54) is 0 Å². The first-order valence-electron chi connectivity index (χ1n) is 16.0. The van der Waals surface area contributed by atoms with Gasteiger partial charge >= 0.3 is 0 Å². The van der Waals surface area contributed by atoms with E-state index in [0.29, 0.717) is 50.9 Å². The van der Waals surface area contributed by atoms with Crippen molar-refractivity contribution in [3.8, 4) is 22.3 Å². The van der Waals surface area contributed by atoms with Gasteiger partial charge in [-0.3, -0.25) is 24.1 Å². The number of likely N-dealkylation sites (N-methyl/N-ethyl adjacent to an activating group) is 1. The second-order valence-electron chi connectivity index (χ2n) is 13.6. The van der Waals surface area contributed by atoms with Gasteiger partial charge in [0.2, 0.25) is 11.7 Å². The molecule has 0 radical (unpaired) electrons. The SMILES string of the molecule is C/C(=C\C(=O)N(C)[C@@H]1Cc2cc(ccc2-c2ccccc2)-c2cc(ccc2CN2CCC(C(=O)C(N)=O)CC2)C1=O)CC(C)(C)N. The van der Waals surface area contributed by atoms with Crippen molar-refractivity contribution in [3.05, 3.63) is 95.1 Å². The molecule has 46 heavy (non-hydrogen) atoms. The van der Waals surface area contributed by atoms with Crippen molar-refractivity contribution in [1.82, 2.24) is 9.80 Å². The molecule has 0 spiro atoms. The predicted octanol–water partition coefficient (Wildman–Crippen LogP) is 4.93. The lowest BCUT2D eigenvalue weighted by Crippen LogP contribution is -2.43. The van der Waals surface area contributed by atoms with Crippen LogP contribution in [0.5, 0.6) is 0 Å². The molecule has 1 aliphatic heterocycles. The van der Waals surface area contributed by atoms with E-state index in [4.69, 9.17) is 11.5 Å². The molecule has 0 saturated carbocycles. The van der Waals surface area contributed by atoms with E-state index in [1.54, 1.807) is 18.0 Å². The van der Waals surface area contributed by atoms with E-state index in [-0.39, 0.29) is 17.6 Å². The predicted molar refractivity (Wildman–Crippen MR) is 181 cm³/mol. The van der Waals surface area contributed by atoms with E-state index in [9.17, 15) is 19.2 Å². The minimum atomic E-state index is -0.863. The Balaban J connectivity index is 1.51. The number of nitrogens with zero attached hydrogens (tertiary/aromatic N) is 2. The minimum Gasteiger partial charge on any atom is -0.363 e. The third-order valence-corrected chi connectivity index (χ3v) is 9.13. The largest absolute Gasteiger partial charge is 0.363 e. The summed E-state index contributed by atoms with van der Waals surface area (Å²) in [6, 6.07) is 21.6. The van der Waals surface area contributed by atoms with Crippen molar-refractivity contribution in [1.29, 1.82) is 0 Å². The molecule has 1 saturated heterocycles. The van der Waals surface area contributed by atoms with Crippen LogP contribution in [0.3, 0.4) is 0 Å². The zero-order chi connectivity index (χ0) is 33.2. The Morgan fingerprint density at radius 3 is 2.26 bits per heavy atom. The first-order chi connectivity index (χ1) is 21.8. The highest BCUT2D eigenvalue weighted by Gasteiger charge is 2.32. The second kappa shape index (κ2) is 13.5. The highest BCUT2D eigenvalue weighted by atomic mass is 16.2. The monoisotopic (exact) mass is 620 g/mol. The van der Waals surface area contributed by atoms with Gasteiger partial charge in [0.05, 0.1) is 6.04 Å². The maximum absolute atomic E-state index is 14.3. The summed E-state index contributed by atoms with van der Waals surface area (Å²) in [5.41, 5.74) is 18.5. The fraction of sp³-hybridized carbons (Fsp3) is 0.368. The molecule has 8 nitrogen and oxygen atoms in total. The van der Waals surface area contributed by atoms with Gasteiger partial charge in [-0.1, -0.05) is 66.2 Å². The molecule has 240 valence electrons. The average molecular weight is 621 g/mol. The molecule has 4 N–H and O–H groups in total. The van der Waals surface area contributed by atoms with Crippen molar-refractivity contribution in [2.24, 2.45) is 17.4 Å². The molecule has 5 rings (SSSR count). The van der Waals surface area contributed by atoms with Gasteiger partial charge in [-0.25, -0.2) is 0 Å². The van der Waals surface area contributed by atoms with Crippen LogP contribution in [0, 0.1) is 5.92 Å². The Kier molecular flexibility index (Phi) is 9.70. The van der Waals surface area contributed by atoms with E-state index in [2.05, 4.69) is 35.2 Å². The van der Waals surface area contributed by atoms with Crippen LogP contribution in [0.15, 0.2) is 78.4 Å². The Morgan fingerprint density at radius 1 is 0.935 bits per heavy atom. The number of hydrogen-bond donors (Lipinski definition) is 2. The minimum absolute atomic E-state index is 0.110.